The summed E-state index contributed by atoms with van der Waals surface area (Å²) in [6.07, 6.45) is 0. The summed E-state index contributed by atoms with van der Waals surface area (Å²) < 4.78 is 10.00. The number of aliphatic hydroxyl groups is 2. The fourth-order valence-corrected chi connectivity index (χ4v) is 1.19. The Labute approximate surface area is 119 Å². The minimum absolute atomic E-state index is 0.402. The van der Waals surface area contributed by atoms with E-state index in [1.54, 1.807) is 41.5 Å². The van der Waals surface area contributed by atoms with Gasteiger partial charge in [-0.1, -0.05) is 6.58 Å². The maximum absolute atomic E-state index is 12.1. The topological polar surface area (TPSA) is 93.1 Å². The highest BCUT2D eigenvalue weighted by molar-refractivity contribution is 6.07. The SMILES string of the molecule is C=C(CO)C(O)(C(=O)OC(C)(C)C)C(=O)OC(C)(C)C. The number of esters is 2. The predicted octanol–water partition coefficient (Wildman–Crippen LogP) is 0.949. The van der Waals surface area contributed by atoms with Crippen molar-refractivity contribution in [3.8, 4) is 0 Å². The first-order valence-electron chi connectivity index (χ1n) is 6.22. The van der Waals surface area contributed by atoms with Gasteiger partial charge in [0.1, 0.15) is 11.2 Å². The fraction of sp³-hybridized carbons (Fsp3) is 0.714. The number of hydrogen-bond acceptors (Lipinski definition) is 6. The first kappa shape index (κ1) is 18.6. The smallest absolute Gasteiger partial charge is 0.355 e. The van der Waals surface area contributed by atoms with Gasteiger partial charge in [0.15, 0.2) is 0 Å². The molecule has 0 aliphatic carbocycles. The van der Waals surface area contributed by atoms with Crippen LogP contribution in [0.1, 0.15) is 41.5 Å². The Morgan fingerprint density at radius 1 is 0.950 bits per heavy atom. The molecule has 0 aromatic carbocycles. The minimum atomic E-state index is -2.73. The van der Waals surface area contributed by atoms with E-state index in [2.05, 4.69) is 6.58 Å². The summed E-state index contributed by atoms with van der Waals surface area (Å²) in [6, 6.07) is 0. The van der Waals surface area contributed by atoms with Crippen LogP contribution in [0.2, 0.25) is 0 Å². The molecule has 20 heavy (non-hydrogen) atoms. The van der Waals surface area contributed by atoms with Crippen molar-refractivity contribution < 1.29 is 29.3 Å². The Morgan fingerprint density at radius 3 is 1.45 bits per heavy atom. The van der Waals surface area contributed by atoms with Gasteiger partial charge in [0.2, 0.25) is 0 Å². The number of aliphatic hydroxyl groups excluding tert-OH is 1. The third-order valence-corrected chi connectivity index (χ3v) is 2.09. The van der Waals surface area contributed by atoms with Crippen molar-refractivity contribution in [3.63, 3.8) is 0 Å². The van der Waals surface area contributed by atoms with Crippen LogP contribution in [0.25, 0.3) is 0 Å². The Hall–Kier alpha value is -1.40. The van der Waals surface area contributed by atoms with Gasteiger partial charge in [-0.3, -0.25) is 0 Å². The molecule has 0 saturated heterocycles. The van der Waals surface area contributed by atoms with Crippen molar-refractivity contribution in [2.24, 2.45) is 0 Å². The van der Waals surface area contributed by atoms with E-state index >= 15 is 0 Å². The Morgan fingerprint density at radius 2 is 1.25 bits per heavy atom. The molecule has 0 aromatic rings. The molecule has 0 heterocycles. The second-order valence-electron chi connectivity index (χ2n) is 6.48. The average molecular weight is 288 g/mol. The molecule has 0 aliphatic heterocycles. The normalized spacial score (nSPS) is 12.8. The van der Waals surface area contributed by atoms with Gasteiger partial charge in [0.25, 0.3) is 5.60 Å². The van der Waals surface area contributed by atoms with Crippen molar-refractivity contribution in [3.05, 3.63) is 12.2 Å². The molecule has 0 radical (unpaired) electrons. The van der Waals surface area contributed by atoms with Crippen LogP contribution in [0, 0.1) is 0 Å². The van der Waals surface area contributed by atoms with Gasteiger partial charge >= 0.3 is 11.9 Å². The molecule has 116 valence electrons. The molecule has 2 N–H and O–H groups in total. The van der Waals surface area contributed by atoms with Crippen molar-refractivity contribution in [1.82, 2.24) is 0 Å². The van der Waals surface area contributed by atoms with E-state index in [4.69, 9.17) is 14.6 Å². The quantitative estimate of drug-likeness (QED) is 0.454. The van der Waals surface area contributed by atoms with Crippen LogP contribution in [0.5, 0.6) is 0 Å². The van der Waals surface area contributed by atoms with Gasteiger partial charge in [-0.2, -0.15) is 0 Å². The molecule has 0 aliphatic rings. The molecular weight excluding hydrogens is 264 g/mol. The van der Waals surface area contributed by atoms with Gasteiger partial charge in [0, 0.05) is 5.57 Å². The first-order valence-corrected chi connectivity index (χ1v) is 6.22. The van der Waals surface area contributed by atoms with Crippen LogP contribution >= 0.6 is 0 Å². The van der Waals surface area contributed by atoms with Crippen molar-refractivity contribution in [2.45, 2.75) is 58.3 Å². The second kappa shape index (κ2) is 5.93. The zero-order valence-corrected chi connectivity index (χ0v) is 12.9. The van der Waals surface area contributed by atoms with Crippen molar-refractivity contribution in [2.75, 3.05) is 6.61 Å². The lowest BCUT2D eigenvalue weighted by Gasteiger charge is -2.31. The lowest BCUT2D eigenvalue weighted by Crippen LogP contribution is -2.54. The van der Waals surface area contributed by atoms with Crippen LogP contribution < -0.4 is 0 Å². The van der Waals surface area contributed by atoms with E-state index in [-0.39, 0.29) is 0 Å². The van der Waals surface area contributed by atoms with Crippen LogP contribution in [0.3, 0.4) is 0 Å². The van der Waals surface area contributed by atoms with E-state index in [1.807, 2.05) is 0 Å². The summed E-state index contributed by atoms with van der Waals surface area (Å²) in [5, 5.41) is 19.4. The lowest BCUT2D eigenvalue weighted by atomic mass is 9.94. The van der Waals surface area contributed by atoms with Crippen LogP contribution in [0.15, 0.2) is 12.2 Å². The molecule has 6 heteroatoms. The maximum Gasteiger partial charge on any atom is 0.355 e. The molecule has 0 unspecified atom stereocenters. The monoisotopic (exact) mass is 288 g/mol. The number of carbonyl (C=O) groups excluding carboxylic acids is 2. The standard InChI is InChI=1S/C14H24O6/c1-9(8-15)14(18,10(16)19-12(2,3)4)11(17)20-13(5,6)7/h15,18H,1,8H2,2-7H3. The van der Waals surface area contributed by atoms with E-state index in [9.17, 15) is 14.7 Å². The average Bonchev–Trinajstić information content (AvgIpc) is 2.21. The number of hydrogen-bond donors (Lipinski definition) is 2. The highest BCUT2D eigenvalue weighted by atomic mass is 16.6. The molecule has 6 nitrogen and oxygen atoms in total. The first-order chi connectivity index (χ1) is 8.74. The van der Waals surface area contributed by atoms with Gasteiger partial charge in [0.05, 0.1) is 6.61 Å². The van der Waals surface area contributed by atoms with Gasteiger partial charge in [-0.15, -0.1) is 0 Å². The summed E-state index contributed by atoms with van der Waals surface area (Å²) in [7, 11) is 0. The van der Waals surface area contributed by atoms with Gasteiger partial charge in [-0.05, 0) is 41.5 Å². The van der Waals surface area contributed by atoms with E-state index in [1.165, 1.54) is 0 Å². The molecule has 0 aromatic heterocycles. The lowest BCUT2D eigenvalue weighted by molar-refractivity contribution is -0.192. The third-order valence-electron chi connectivity index (χ3n) is 2.09. The van der Waals surface area contributed by atoms with E-state index in [0.717, 1.165) is 0 Å². The summed E-state index contributed by atoms with van der Waals surface area (Å²) in [6.45, 7) is 12.1. The molecule has 0 bridgehead atoms. The van der Waals surface area contributed by atoms with Crippen molar-refractivity contribution >= 4 is 11.9 Å². The Balaban J connectivity index is 5.47. The maximum atomic E-state index is 12.1. The summed E-state index contributed by atoms with van der Waals surface area (Å²) in [5.74, 6) is -2.45. The highest BCUT2D eigenvalue weighted by Crippen LogP contribution is 2.25. The number of carbonyl (C=O) groups is 2. The zero-order valence-electron chi connectivity index (χ0n) is 12.9. The van der Waals surface area contributed by atoms with Crippen LogP contribution in [-0.2, 0) is 19.1 Å². The molecule has 0 spiro atoms. The van der Waals surface area contributed by atoms with Gasteiger partial charge < -0.3 is 19.7 Å². The number of rotatable bonds is 4. The number of ether oxygens (including phenoxy) is 2. The zero-order chi connectivity index (χ0) is 16.4. The summed E-state index contributed by atoms with van der Waals surface area (Å²) in [4.78, 5) is 24.1. The Bertz CT molecular complexity index is 369. The Kier molecular flexibility index (Phi) is 5.51. The predicted molar refractivity (Wildman–Crippen MR) is 72.9 cm³/mol. The highest BCUT2D eigenvalue weighted by Gasteiger charge is 2.52. The van der Waals surface area contributed by atoms with Crippen LogP contribution in [-0.4, -0.2) is 45.6 Å². The third kappa shape index (κ3) is 4.94. The van der Waals surface area contributed by atoms with E-state index in [0.29, 0.717) is 0 Å². The molecular formula is C14H24O6. The minimum Gasteiger partial charge on any atom is -0.457 e. The molecule has 0 atom stereocenters. The molecule has 0 rings (SSSR count). The molecule has 0 saturated carbocycles. The second-order valence-corrected chi connectivity index (χ2v) is 6.48. The van der Waals surface area contributed by atoms with Gasteiger partial charge in [-0.25, -0.2) is 9.59 Å². The van der Waals surface area contributed by atoms with Crippen LogP contribution in [0.4, 0.5) is 0 Å². The summed E-state index contributed by atoms with van der Waals surface area (Å²) >= 11 is 0. The van der Waals surface area contributed by atoms with E-state index < -0.39 is 40.9 Å². The fourth-order valence-electron chi connectivity index (χ4n) is 1.19. The molecule has 0 amide bonds. The summed E-state index contributed by atoms with van der Waals surface area (Å²) in [5.41, 5.74) is -4.96. The largest absolute Gasteiger partial charge is 0.457 e. The molecule has 0 fully saturated rings. The van der Waals surface area contributed by atoms with Crippen molar-refractivity contribution in [1.29, 1.82) is 0 Å².